The number of sulfone groups is 1. The molecule has 2 rings (SSSR count). The number of oxazole rings is 1. The monoisotopic (exact) mass is 317 g/mol. The number of aliphatic hydroxyl groups is 1. The second-order valence-electron chi connectivity index (χ2n) is 3.51. The fourth-order valence-electron chi connectivity index (χ4n) is 1.49. The normalized spacial score (nSPS) is 19.7. The molecule has 2 N–H and O–H groups in total. The molecule has 0 aliphatic carbocycles. The zero-order valence-corrected chi connectivity index (χ0v) is 11.5. The van der Waals surface area contributed by atoms with Crippen molar-refractivity contribution in [3.63, 3.8) is 0 Å². The van der Waals surface area contributed by atoms with Crippen LogP contribution in [0.1, 0.15) is 5.69 Å². The lowest BCUT2D eigenvalue weighted by Crippen LogP contribution is -2.21. The van der Waals surface area contributed by atoms with Gasteiger partial charge in [0.1, 0.15) is 5.69 Å². The smallest absolute Gasteiger partial charge is 0.302 e. The Labute approximate surface area is 114 Å². The molecule has 11 heteroatoms. The zero-order valence-electron chi connectivity index (χ0n) is 9.85. The molecule has 0 unspecified atom stereocenters. The molecule has 0 spiro atoms. The van der Waals surface area contributed by atoms with E-state index >= 15 is 0 Å². The average Bonchev–Trinajstić information content (AvgIpc) is 2.86. The summed E-state index contributed by atoms with van der Waals surface area (Å²) in [6, 6.07) is 0. The Hall–Kier alpha value is -2.16. The van der Waals surface area contributed by atoms with E-state index in [1.165, 1.54) is 0 Å². The predicted octanol–water partition coefficient (Wildman–Crippen LogP) is -0.00161. The Morgan fingerprint density at radius 3 is 2.75 bits per heavy atom. The molecule has 1 aliphatic heterocycles. The number of aromatic nitrogens is 1. The van der Waals surface area contributed by atoms with Gasteiger partial charge >= 0.3 is 5.03 Å². The number of hydrogen-bond donors (Lipinski definition) is 2. The van der Waals surface area contributed by atoms with Crippen molar-refractivity contribution in [1.29, 1.82) is 0 Å². The van der Waals surface area contributed by atoms with Gasteiger partial charge in [-0.05, 0) is 13.1 Å². The van der Waals surface area contributed by atoms with Crippen molar-refractivity contribution in [3.8, 4) is 0 Å². The van der Waals surface area contributed by atoms with Gasteiger partial charge < -0.3 is 9.52 Å². The Morgan fingerprint density at radius 1 is 1.55 bits per heavy atom. The predicted molar refractivity (Wildman–Crippen MR) is 65.9 cm³/mol. The minimum Gasteiger partial charge on any atom is -0.498 e. The van der Waals surface area contributed by atoms with Gasteiger partial charge in [0.2, 0.25) is 15.1 Å². The number of nitrogens with one attached hydrogen (secondary N) is 1. The minimum atomic E-state index is -4.27. The van der Waals surface area contributed by atoms with Gasteiger partial charge in [-0.3, -0.25) is 0 Å². The van der Waals surface area contributed by atoms with Crippen molar-refractivity contribution in [3.05, 3.63) is 39.7 Å². The molecule has 1 aromatic heterocycles. The maximum atomic E-state index is 11.7. The lowest BCUT2D eigenvalue weighted by Gasteiger charge is -2.11. The summed E-state index contributed by atoms with van der Waals surface area (Å²) in [7, 11) is -7.33. The molecule has 0 atom stereocenters. The Bertz CT molecular complexity index is 882. The molecule has 1 aromatic rings. The molecule has 9 nitrogen and oxygen atoms in total. The van der Waals surface area contributed by atoms with Crippen LogP contribution in [0.3, 0.4) is 0 Å². The third kappa shape index (κ3) is 1.90. The first-order valence-corrected chi connectivity index (χ1v) is 7.87. The van der Waals surface area contributed by atoms with E-state index in [2.05, 4.69) is 14.2 Å². The summed E-state index contributed by atoms with van der Waals surface area (Å²) in [6.07, 6.45) is 1.44. The topological polar surface area (TPSA) is 131 Å². The molecule has 0 amide bonds. The Kier molecular flexibility index (Phi) is 3.17. The largest absolute Gasteiger partial charge is 0.498 e. The second-order valence-corrected chi connectivity index (χ2v) is 7.11. The van der Waals surface area contributed by atoms with Crippen LogP contribution in [0.5, 0.6) is 0 Å². The van der Waals surface area contributed by atoms with Crippen LogP contribution in [0.2, 0.25) is 0 Å². The van der Waals surface area contributed by atoms with Gasteiger partial charge in [0.05, 0.1) is 6.57 Å². The number of rotatable bonds is 2. The van der Waals surface area contributed by atoms with Gasteiger partial charge in [-0.2, -0.15) is 0 Å². The van der Waals surface area contributed by atoms with E-state index in [0.29, 0.717) is 6.08 Å². The first-order chi connectivity index (χ1) is 9.25. The van der Waals surface area contributed by atoms with Crippen molar-refractivity contribution < 1.29 is 26.4 Å². The first kappa shape index (κ1) is 14.3. The fourth-order valence-corrected chi connectivity index (χ4v) is 3.30. The van der Waals surface area contributed by atoms with E-state index in [-0.39, 0.29) is 11.3 Å². The van der Waals surface area contributed by atoms with E-state index in [9.17, 15) is 21.9 Å². The van der Waals surface area contributed by atoms with Crippen LogP contribution in [0, 0.1) is 6.57 Å². The quantitative estimate of drug-likeness (QED) is 0.734. The van der Waals surface area contributed by atoms with E-state index in [4.69, 9.17) is 6.57 Å². The van der Waals surface area contributed by atoms with Crippen LogP contribution in [-0.2, 0) is 19.9 Å². The van der Waals surface area contributed by atoms with Gasteiger partial charge in [-0.25, -0.2) is 31.4 Å². The van der Waals surface area contributed by atoms with Crippen molar-refractivity contribution >= 4 is 25.4 Å². The standard InChI is InChI=1S/C9H7N3O6S2/c1-10-8(20(16,17)11-2)5-3-6(13)19(14,15)9-7(5)12-4-18-9/h3-4,11,13H,2H3/b8-5+. The van der Waals surface area contributed by atoms with Crippen LogP contribution in [0.25, 0.3) is 10.4 Å². The van der Waals surface area contributed by atoms with E-state index in [1.807, 2.05) is 4.72 Å². The summed E-state index contributed by atoms with van der Waals surface area (Å²) in [5.74, 6) is 0. The van der Waals surface area contributed by atoms with Crippen molar-refractivity contribution in [2.45, 2.75) is 5.09 Å². The summed E-state index contributed by atoms with van der Waals surface area (Å²) in [5.41, 5.74) is -0.696. The average molecular weight is 317 g/mol. The van der Waals surface area contributed by atoms with Crippen molar-refractivity contribution in [1.82, 2.24) is 9.71 Å². The zero-order chi connectivity index (χ0) is 15.1. The molecule has 0 saturated carbocycles. The summed E-state index contributed by atoms with van der Waals surface area (Å²) in [4.78, 5) is 6.45. The highest BCUT2D eigenvalue weighted by atomic mass is 32.2. The maximum Gasteiger partial charge on any atom is 0.302 e. The van der Waals surface area contributed by atoms with E-state index in [1.54, 1.807) is 0 Å². The molecule has 1 aliphatic rings. The minimum absolute atomic E-state index is 0.340. The molecule has 106 valence electrons. The highest BCUT2D eigenvalue weighted by Crippen LogP contribution is 2.36. The number of aliphatic hydroxyl groups excluding tert-OH is 1. The van der Waals surface area contributed by atoms with Crippen LogP contribution in [0.15, 0.2) is 32.1 Å². The molecule has 20 heavy (non-hydrogen) atoms. The van der Waals surface area contributed by atoms with Crippen LogP contribution < -0.4 is 4.72 Å². The fraction of sp³-hybridized carbons (Fsp3) is 0.111. The Balaban J connectivity index is 2.92. The Morgan fingerprint density at radius 2 is 2.20 bits per heavy atom. The van der Waals surface area contributed by atoms with E-state index in [0.717, 1.165) is 13.4 Å². The van der Waals surface area contributed by atoms with Crippen molar-refractivity contribution in [2.75, 3.05) is 7.05 Å². The summed E-state index contributed by atoms with van der Waals surface area (Å²) >= 11 is 0. The van der Waals surface area contributed by atoms with Gasteiger partial charge in [0, 0.05) is 5.57 Å². The number of fused-ring (bicyclic) bond motifs is 1. The third-order valence-corrected chi connectivity index (χ3v) is 5.24. The molecular weight excluding hydrogens is 310 g/mol. The SMILES string of the molecule is [C-]#[N+]/C(=C1/C=C(O)S(=O)(=O)c2ocnc21)S(=O)(=O)NC. The third-order valence-electron chi connectivity index (χ3n) is 2.43. The summed E-state index contributed by atoms with van der Waals surface area (Å²) < 4.78 is 53.5. The lowest BCUT2D eigenvalue weighted by molar-refractivity contribution is 0.412. The first-order valence-electron chi connectivity index (χ1n) is 4.90. The van der Waals surface area contributed by atoms with E-state index < -0.39 is 35.1 Å². The number of hydrogen-bond acceptors (Lipinski definition) is 7. The van der Waals surface area contributed by atoms with Gasteiger partial charge in [-0.15, -0.1) is 0 Å². The number of sulfonamides is 1. The van der Waals surface area contributed by atoms with Gasteiger partial charge in [-0.1, -0.05) is 0 Å². The number of allylic oxidation sites excluding steroid dienone is 2. The van der Waals surface area contributed by atoms with Crippen LogP contribution >= 0.6 is 0 Å². The van der Waals surface area contributed by atoms with Crippen LogP contribution in [0.4, 0.5) is 0 Å². The van der Waals surface area contributed by atoms with Gasteiger partial charge in [0.25, 0.3) is 14.9 Å². The summed E-state index contributed by atoms with van der Waals surface area (Å²) in [5, 5.41) is 6.86. The molecule has 0 saturated heterocycles. The summed E-state index contributed by atoms with van der Waals surface area (Å²) in [6.45, 7) is 6.94. The second kappa shape index (κ2) is 4.44. The molecule has 2 heterocycles. The molecular formula is C9H7N3O6S2. The van der Waals surface area contributed by atoms with Crippen LogP contribution in [-0.4, -0.2) is 34.0 Å². The highest BCUT2D eigenvalue weighted by Gasteiger charge is 2.37. The van der Waals surface area contributed by atoms with Gasteiger partial charge in [0.15, 0.2) is 6.39 Å². The molecule has 0 bridgehead atoms. The molecule has 0 fully saturated rings. The highest BCUT2D eigenvalue weighted by molar-refractivity contribution is 7.95. The number of nitrogens with zero attached hydrogens (tertiary/aromatic N) is 2. The lowest BCUT2D eigenvalue weighted by atomic mass is 10.2. The maximum absolute atomic E-state index is 11.7. The molecule has 0 radical (unpaired) electrons. The molecule has 0 aromatic carbocycles. The van der Waals surface area contributed by atoms with Crippen molar-refractivity contribution in [2.24, 2.45) is 0 Å².